The highest BCUT2D eigenvalue weighted by Gasteiger charge is 2.22. The van der Waals surface area contributed by atoms with Gasteiger partial charge in [0.05, 0.1) is 4.92 Å². The number of anilines is 1. The van der Waals surface area contributed by atoms with Crippen LogP contribution in [0.1, 0.15) is 5.56 Å². The van der Waals surface area contributed by atoms with Crippen molar-refractivity contribution in [2.75, 3.05) is 29.5 Å². The fraction of sp³-hybridized carbons (Fsp3) is 0.455. The van der Waals surface area contributed by atoms with Gasteiger partial charge in [-0.15, -0.1) is 0 Å². The third-order valence-electron chi connectivity index (χ3n) is 2.80. The molecule has 0 N–H and O–H groups in total. The number of hydrogen-bond acceptors (Lipinski definition) is 4. The van der Waals surface area contributed by atoms with Crippen LogP contribution < -0.4 is 4.90 Å². The Morgan fingerprint density at radius 2 is 2.06 bits per heavy atom. The largest absolute Gasteiger partial charge is 0.364 e. The number of benzene rings is 1. The van der Waals surface area contributed by atoms with Gasteiger partial charge in [0.25, 0.3) is 5.69 Å². The van der Waals surface area contributed by atoms with Crippen LogP contribution >= 0.6 is 23.4 Å². The summed E-state index contributed by atoms with van der Waals surface area (Å²) in [5, 5.41) is 11.6. The lowest BCUT2D eigenvalue weighted by Gasteiger charge is -2.28. The van der Waals surface area contributed by atoms with Crippen molar-refractivity contribution in [3.63, 3.8) is 0 Å². The highest BCUT2D eigenvalue weighted by molar-refractivity contribution is 7.99. The number of aryl methyl sites for hydroxylation is 1. The molecule has 17 heavy (non-hydrogen) atoms. The summed E-state index contributed by atoms with van der Waals surface area (Å²) in [6.45, 7) is 3.46. The summed E-state index contributed by atoms with van der Waals surface area (Å²) in [7, 11) is 0. The minimum absolute atomic E-state index is 0.152. The zero-order valence-corrected chi connectivity index (χ0v) is 11.1. The molecule has 0 unspecified atom stereocenters. The van der Waals surface area contributed by atoms with Crippen molar-refractivity contribution >= 4 is 34.7 Å². The van der Waals surface area contributed by atoms with Crippen LogP contribution in [0.4, 0.5) is 11.4 Å². The van der Waals surface area contributed by atoms with Gasteiger partial charge in [-0.25, -0.2) is 0 Å². The summed E-state index contributed by atoms with van der Waals surface area (Å²) in [5.74, 6) is 2.01. The predicted molar refractivity (Wildman–Crippen MR) is 72.4 cm³/mol. The van der Waals surface area contributed by atoms with Gasteiger partial charge in [0.1, 0.15) is 5.69 Å². The number of rotatable bonds is 2. The van der Waals surface area contributed by atoms with E-state index in [1.54, 1.807) is 19.1 Å². The van der Waals surface area contributed by atoms with Gasteiger partial charge in [-0.2, -0.15) is 11.8 Å². The van der Waals surface area contributed by atoms with Crippen molar-refractivity contribution in [1.29, 1.82) is 0 Å². The van der Waals surface area contributed by atoms with E-state index in [4.69, 9.17) is 11.6 Å². The summed E-state index contributed by atoms with van der Waals surface area (Å²) in [5.41, 5.74) is 1.54. The second-order valence-electron chi connectivity index (χ2n) is 3.95. The van der Waals surface area contributed by atoms with Gasteiger partial charge in [-0.05, 0) is 18.6 Å². The first-order valence-corrected chi connectivity index (χ1v) is 6.90. The number of halogens is 1. The topological polar surface area (TPSA) is 46.4 Å². The third kappa shape index (κ3) is 2.66. The maximum Gasteiger partial charge on any atom is 0.292 e. The van der Waals surface area contributed by atoms with Crippen LogP contribution in [-0.2, 0) is 0 Å². The van der Waals surface area contributed by atoms with Crippen molar-refractivity contribution in [3.8, 4) is 0 Å². The average molecular weight is 273 g/mol. The van der Waals surface area contributed by atoms with E-state index in [1.165, 1.54) is 0 Å². The molecule has 2 rings (SSSR count). The minimum atomic E-state index is -0.333. The van der Waals surface area contributed by atoms with Gasteiger partial charge in [0.2, 0.25) is 0 Å². The molecule has 6 heteroatoms. The van der Waals surface area contributed by atoms with E-state index in [-0.39, 0.29) is 10.6 Å². The van der Waals surface area contributed by atoms with Gasteiger partial charge >= 0.3 is 0 Å². The highest BCUT2D eigenvalue weighted by atomic mass is 35.5. The first kappa shape index (κ1) is 12.5. The Kier molecular flexibility index (Phi) is 3.79. The Morgan fingerprint density at radius 3 is 2.65 bits per heavy atom. The Balaban J connectivity index is 2.42. The molecule has 0 aliphatic carbocycles. The van der Waals surface area contributed by atoms with E-state index < -0.39 is 0 Å². The van der Waals surface area contributed by atoms with Crippen molar-refractivity contribution < 1.29 is 4.92 Å². The number of thioether (sulfide) groups is 1. The molecule has 1 aliphatic rings. The van der Waals surface area contributed by atoms with E-state index in [0.717, 1.165) is 30.2 Å². The lowest BCUT2D eigenvalue weighted by atomic mass is 10.1. The average Bonchev–Trinajstić information content (AvgIpc) is 2.33. The molecular formula is C11H13ClN2O2S. The zero-order chi connectivity index (χ0) is 12.4. The maximum absolute atomic E-state index is 11.1. The monoisotopic (exact) mass is 272 g/mol. The first-order chi connectivity index (χ1) is 8.09. The smallest absolute Gasteiger partial charge is 0.292 e. The summed E-state index contributed by atoms with van der Waals surface area (Å²) in [6, 6.07) is 3.27. The molecule has 0 saturated carbocycles. The standard InChI is InChI=1S/C11H13ClN2O2S/c1-8-6-11(14(15)16)10(7-9(8)12)13-2-4-17-5-3-13/h6-7H,2-5H2,1H3. The van der Waals surface area contributed by atoms with E-state index in [2.05, 4.69) is 0 Å². The summed E-state index contributed by atoms with van der Waals surface area (Å²) in [6.07, 6.45) is 0. The molecule has 0 radical (unpaired) electrons. The molecule has 0 spiro atoms. The van der Waals surface area contributed by atoms with Gasteiger partial charge in [-0.1, -0.05) is 11.6 Å². The van der Waals surface area contributed by atoms with Crippen LogP contribution in [-0.4, -0.2) is 29.5 Å². The van der Waals surface area contributed by atoms with Gasteiger partial charge in [-0.3, -0.25) is 10.1 Å². The number of nitro benzene ring substituents is 1. The quantitative estimate of drug-likeness (QED) is 0.613. The molecule has 0 bridgehead atoms. The van der Waals surface area contributed by atoms with Crippen LogP contribution in [0.3, 0.4) is 0 Å². The molecule has 0 atom stereocenters. The summed E-state index contributed by atoms with van der Waals surface area (Å²) >= 11 is 7.93. The fourth-order valence-electron chi connectivity index (χ4n) is 1.86. The Hall–Kier alpha value is -0.940. The Morgan fingerprint density at radius 1 is 1.41 bits per heavy atom. The molecular weight excluding hydrogens is 260 g/mol. The van der Waals surface area contributed by atoms with Crippen LogP contribution in [0.15, 0.2) is 12.1 Å². The second-order valence-corrected chi connectivity index (χ2v) is 5.58. The normalized spacial score (nSPS) is 16.0. The van der Waals surface area contributed by atoms with Gasteiger partial charge in [0.15, 0.2) is 0 Å². The van der Waals surface area contributed by atoms with E-state index in [1.807, 2.05) is 16.7 Å². The molecule has 0 aromatic heterocycles. The van der Waals surface area contributed by atoms with Crippen LogP contribution in [0.25, 0.3) is 0 Å². The maximum atomic E-state index is 11.1. The van der Waals surface area contributed by atoms with Gasteiger partial charge in [0, 0.05) is 35.7 Å². The van der Waals surface area contributed by atoms with Crippen molar-refractivity contribution in [1.82, 2.24) is 0 Å². The van der Waals surface area contributed by atoms with Gasteiger partial charge < -0.3 is 4.90 Å². The van der Waals surface area contributed by atoms with Crippen LogP contribution in [0.2, 0.25) is 5.02 Å². The molecule has 4 nitrogen and oxygen atoms in total. The molecule has 1 aromatic carbocycles. The van der Waals surface area contributed by atoms with E-state index in [9.17, 15) is 10.1 Å². The SMILES string of the molecule is Cc1cc([N+](=O)[O-])c(N2CCSCC2)cc1Cl. The molecule has 1 heterocycles. The minimum Gasteiger partial charge on any atom is -0.364 e. The molecule has 1 fully saturated rings. The molecule has 92 valence electrons. The number of nitrogens with zero attached hydrogens (tertiary/aromatic N) is 2. The highest BCUT2D eigenvalue weighted by Crippen LogP contribution is 2.34. The van der Waals surface area contributed by atoms with E-state index >= 15 is 0 Å². The molecule has 1 aromatic rings. The number of nitro groups is 1. The summed E-state index contributed by atoms with van der Waals surface area (Å²) < 4.78 is 0. The first-order valence-electron chi connectivity index (χ1n) is 5.37. The zero-order valence-electron chi connectivity index (χ0n) is 9.48. The molecule has 0 amide bonds. The predicted octanol–water partition coefficient (Wildman–Crippen LogP) is 3.11. The lowest BCUT2D eigenvalue weighted by Crippen LogP contribution is -2.32. The van der Waals surface area contributed by atoms with Crippen molar-refractivity contribution in [2.45, 2.75) is 6.92 Å². The summed E-state index contributed by atoms with van der Waals surface area (Å²) in [4.78, 5) is 12.8. The second kappa shape index (κ2) is 5.14. The molecule has 1 aliphatic heterocycles. The number of hydrogen-bond donors (Lipinski definition) is 0. The van der Waals surface area contributed by atoms with Crippen molar-refractivity contribution in [2.24, 2.45) is 0 Å². The fourth-order valence-corrected chi connectivity index (χ4v) is 2.92. The van der Waals surface area contributed by atoms with E-state index in [0.29, 0.717) is 10.7 Å². The third-order valence-corrected chi connectivity index (χ3v) is 4.15. The Labute approximate surface area is 109 Å². The molecule has 1 saturated heterocycles. The lowest BCUT2D eigenvalue weighted by molar-refractivity contribution is -0.384. The van der Waals surface area contributed by atoms with Crippen molar-refractivity contribution in [3.05, 3.63) is 32.8 Å². The van der Waals surface area contributed by atoms with Crippen LogP contribution in [0.5, 0.6) is 0 Å². The Bertz CT molecular complexity index is 447. The van der Waals surface area contributed by atoms with Crippen LogP contribution in [0, 0.1) is 17.0 Å².